The van der Waals surface area contributed by atoms with Crippen LogP contribution < -0.4 is 0 Å². The van der Waals surface area contributed by atoms with E-state index in [2.05, 4.69) is 16.1 Å². The van der Waals surface area contributed by atoms with Crippen LogP contribution in [0.25, 0.3) is 16.6 Å². The number of carbonyl (C=O) groups excluding carboxylic acids is 1. The van der Waals surface area contributed by atoms with Crippen molar-refractivity contribution in [2.24, 2.45) is 4.99 Å². The fraction of sp³-hybridized carbons (Fsp3) is 0.370. The molecular weight excluding hydrogens is 526 g/mol. The minimum Gasteiger partial charge on any atom is -0.461 e. The van der Waals surface area contributed by atoms with Gasteiger partial charge in [0.15, 0.2) is 16.5 Å². The van der Waals surface area contributed by atoms with Crippen molar-refractivity contribution < 1.29 is 27.4 Å². The number of carbonyl (C=O) groups is 1. The predicted octanol–water partition coefficient (Wildman–Crippen LogP) is 4.33. The van der Waals surface area contributed by atoms with Gasteiger partial charge in [0.05, 0.1) is 30.8 Å². The molecule has 3 aromatic rings. The number of fused-ring (bicyclic) bond motifs is 1. The summed E-state index contributed by atoms with van der Waals surface area (Å²) in [6.45, 7) is 3.23. The van der Waals surface area contributed by atoms with Crippen LogP contribution in [0.15, 0.2) is 64.8 Å². The van der Waals surface area contributed by atoms with Crippen LogP contribution in [0.2, 0.25) is 0 Å². The first kappa shape index (κ1) is 25.3. The molecule has 1 aromatic carbocycles. The second-order valence-corrected chi connectivity index (χ2v) is 12.1. The lowest BCUT2D eigenvalue weighted by Crippen LogP contribution is -2.31. The number of nitrogens with zero attached hydrogens (tertiary/aromatic N) is 3. The molecule has 9 nitrogen and oxygen atoms in total. The van der Waals surface area contributed by atoms with E-state index < -0.39 is 27.8 Å². The van der Waals surface area contributed by atoms with Gasteiger partial charge in [-0.05, 0) is 42.7 Å². The molecule has 1 unspecified atom stereocenters. The maximum Gasteiger partial charge on any atom is 0.363 e. The Kier molecular flexibility index (Phi) is 6.63. The maximum atomic E-state index is 13.6. The highest BCUT2D eigenvalue weighted by Crippen LogP contribution is 2.41. The standard InChI is InChI=1S/C27H27N3O6S2/c1-2-34-26(31)25-29-23(17-37-25)22-16-30(38(32,33)20-6-4-3-5-7-20)24-21(22)14-19(15-28-24)18-8-10-27(11-9-18)35-12-13-36-27/h3-8,14-16,23H,2,9-13,17H2,1H3. The van der Waals surface area contributed by atoms with Crippen LogP contribution in [0, 0.1) is 0 Å². The maximum absolute atomic E-state index is 13.6. The first-order valence-electron chi connectivity index (χ1n) is 12.6. The molecule has 1 aliphatic carbocycles. The molecule has 1 spiro atoms. The van der Waals surface area contributed by atoms with Gasteiger partial charge in [-0.15, -0.1) is 0 Å². The minimum atomic E-state index is -3.91. The van der Waals surface area contributed by atoms with Gasteiger partial charge in [-0.25, -0.2) is 22.2 Å². The number of hydrogen-bond donors (Lipinski definition) is 0. The summed E-state index contributed by atoms with van der Waals surface area (Å²) in [5.74, 6) is -0.487. The number of pyridine rings is 1. The van der Waals surface area contributed by atoms with Gasteiger partial charge in [0, 0.05) is 41.9 Å². The lowest BCUT2D eigenvalue weighted by molar-refractivity contribution is -0.159. The van der Waals surface area contributed by atoms with E-state index >= 15 is 0 Å². The Bertz CT molecular complexity index is 1560. The molecule has 198 valence electrons. The van der Waals surface area contributed by atoms with Crippen LogP contribution in [0.1, 0.15) is 43.4 Å². The van der Waals surface area contributed by atoms with Crippen LogP contribution in [-0.4, -0.2) is 59.7 Å². The number of hydrogen-bond acceptors (Lipinski definition) is 9. The molecule has 2 aromatic heterocycles. The molecule has 2 aliphatic heterocycles. The molecule has 0 N–H and O–H groups in total. The second-order valence-electron chi connectivity index (χ2n) is 9.32. The van der Waals surface area contributed by atoms with Gasteiger partial charge in [-0.1, -0.05) is 36.0 Å². The first-order chi connectivity index (χ1) is 18.4. The number of thioether (sulfide) groups is 1. The fourth-order valence-electron chi connectivity index (χ4n) is 5.10. The Labute approximate surface area is 224 Å². The molecule has 0 saturated carbocycles. The third-order valence-electron chi connectivity index (χ3n) is 7.02. The molecule has 0 radical (unpaired) electrons. The fourth-order valence-corrected chi connectivity index (χ4v) is 7.40. The van der Waals surface area contributed by atoms with Crippen LogP contribution in [0.3, 0.4) is 0 Å². The molecule has 0 amide bonds. The average Bonchev–Trinajstić information content (AvgIpc) is 3.69. The Morgan fingerprint density at radius 2 is 2.03 bits per heavy atom. The summed E-state index contributed by atoms with van der Waals surface area (Å²) in [7, 11) is -3.91. The van der Waals surface area contributed by atoms with Crippen molar-refractivity contribution in [3.05, 3.63) is 66.0 Å². The topological polar surface area (TPSA) is 109 Å². The first-order valence-corrected chi connectivity index (χ1v) is 15.0. The molecule has 11 heteroatoms. The van der Waals surface area contributed by atoms with E-state index in [1.54, 1.807) is 49.6 Å². The van der Waals surface area contributed by atoms with E-state index in [-0.39, 0.29) is 11.5 Å². The quantitative estimate of drug-likeness (QED) is 0.415. The number of aromatic nitrogens is 2. The minimum absolute atomic E-state index is 0.169. The van der Waals surface area contributed by atoms with Gasteiger partial charge in [-0.3, -0.25) is 4.99 Å². The van der Waals surface area contributed by atoms with Gasteiger partial charge in [-0.2, -0.15) is 0 Å². The summed E-state index contributed by atoms with van der Waals surface area (Å²) in [6.07, 6.45) is 7.60. The van der Waals surface area contributed by atoms with Crippen LogP contribution >= 0.6 is 11.8 Å². The van der Waals surface area contributed by atoms with E-state index in [0.717, 1.165) is 24.0 Å². The lowest BCUT2D eigenvalue weighted by Gasteiger charge is -2.30. The van der Waals surface area contributed by atoms with Gasteiger partial charge >= 0.3 is 5.97 Å². The molecule has 0 bridgehead atoms. The molecule has 1 atom stereocenters. The van der Waals surface area contributed by atoms with Crippen molar-refractivity contribution in [2.45, 2.75) is 42.9 Å². The average molecular weight is 554 g/mol. The third-order valence-corrected chi connectivity index (χ3v) is 9.71. The summed E-state index contributed by atoms with van der Waals surface area (Å²) < 4.78 is 45.3. The highest BCUT2D eigenvalue weighted by molar-refractivity contribution is 8.16. The largest absolute Gasteiger partial charge is 0.461 e. The molecule has 3 aliphatic rings. The van der Waals surface area contributed by atoms with E-state index in [1.165, 1.54) is 15.7 Å². The van der Waals surface area contributed by atoms with Gasteiger partial charge < -0.3 is 14.2 Å². The monoisotopic (exact) mass is 553 g/mol. The Hall–Kier alpha value is -2.99. The van der Waals surface area contributed by atoms with Crippen molar-refractivity contribution in [1.82, 2.24) is 8.96 Å². The summed E-state index contributed by atoms with van der Waals surface area (Å²) in [6, 6.07) is 9.85. The Morgan fingerprint density at radius 3 is 2.74 bits per heavy atom. The van der Waals surface area contributed by atoms with Crippen molar-refractivity contribution in [3.63, 3.8) is 0 Å². The van der Waals surface area contributed by atoms with Crippen molar-refractivity contribution in [3.8, 4) is 0 Å². The zero-order valence-corrected chi connectivity index (χ0v) is 22.5. The summed E-state index contributed by atoms with van der Waals surface area (Å²) in [4.78, 5) is 21.7. The lowest BCUT2D eigenvalue weighted by atomic mass is 9.90. The van der Waals surface area contributed by atoms with Gasteiger partial charge in [0.25, 0.3) is 10.0 Å². The van der Waals surface area contributed by atoms with Crippen LogP contribution in [0.4, 0.5) is 0 Å². The number of benzene rings is 1. The zero-order chi connectivity index (χ0) is 26.3. The second kappa shape index (κ2) is 9.96. The summed E-state index contributed by atoms with van der Waals surface area (Å²) >= 11 is 1.32. The molecule has 1 fully saturated rings. The number of esters is 1. The molecule has 4 heterocycles. The predicted molar refractivity (Wildman–Crippen MR) is 144 cm³/mol. The van der Waals surface area contributed by atoms with E-state index in [4.69, 9.17) is 14.2 Å². The highest BCUT2D eigenvalue weighted by Gasteiger charge is 2.38. The number of ether oxygens (including phenoxy) is 3. The molecule has 6 rings (SSSR count). The van der Waals surface area contributed by atoms with Crippen LogP contribution in [0.5, 0.6) is 0 Å². The molecule has 38 heavy (non-hydrogen) atoms. The third kappa shape index (κ3) is 4.47. The van der Waals surface area contributed by atoms with Gasteiger partial charge in [0.1, 0.15) is 0 Å². The number of allylic oxidation sites excluding steroid dienone is 1. The molecule has 1 saturated heterocycles. The SMILES string of the molecule is CCOC(=O)C1=NC(c2cn(S(=O)(=O)c3ccccc3)c3ncc(C4=CCC5(CC4)OCCO5)cc23)CS1. The highest BCUT2D eigenvalue weighted by atomic mass is 32.2. The summed E-state index contributed by atoms with van der Waals surface area (Å²) in [5.41, 5.74) is 3.07. The zero-order valence-electron chi connectivity index (χ0n) is 20.8. The van der Waals surface area contributed by atoms with Crippen molar-refractivity contribution >= 4 is 49.4 Å². The summed E-state index contributed by atoms with van der Waals surface area (Å²) in [5, 5.41) is 0.987. The smallest absolute Gasteiger partial charge is 0.363 e. The van der Waals surface area contributed by atoms with E-state index in [1.807, 2.05) is 6.07 Å². The Morgan fingerprint density at radius 1 is 1.24 bits per heavy atom. The van der Waals surface area contributed by atoms with Gasteiger partial charge in [0.2, 0.25) is 0 Å². The van der Waals surface area contributed by atoms with Crippen LogP contribution in [-0.2, 0) is 29.0 Å². The van der Waals surface area contributed by atoms with Crippen molar-refractivity contribution in [1.29, 1.82) is 0 Å². The Balaban J connectivity index is 1.44. The number of aliphatic imine (C=N–C) groups is 1. The van der Waals surface area contributed by atoms with E-state index in [0.29, 0.717) is 47.0 Å². The molecular formula is C27H27N3O6S2. The van der Waals surface area contributed by atoms with Crippen molar-refractivity contribution in [2.75, 3.05) is 25.6 Å². The number of rotatable bonds is 6. The normalized spacial score (nSPS) is 21.0. The van der Waals surface area contributed by atoms with E-state index in [9.17, 15) is 13.2 Å².